The lowest BCUT2D eigenvalue weighted by atomic mass is 10.2. The number of aromatic nitrogens is 2. The number of hydrogen-bond acceptors (Lipinski definition) is 9. The average Bonchev–Trinajstić information content (AvgIpc) is 3.41. The minimum absolute atomic E-state index is 0.0382. The zero-order chi connectivity index (χ0) is 28.8. The Morgan fingerprint density at radius 1 is 1.02 bits per heavy atom. The molecule has 3 aromatic carbocycles. The summed E-state index contributed by atoms with van der Waals surface area (Å²) in [7, 11) is 4.54. The standard InChI is InChI=1S/C27H21BrCl2N2O7S/c1-35-18-9-16(10-19(12-18)36-2)25-31-32-27(39-25)40-23(26(33)34)8-14-6-20(28)24(22(7-14)37-3)38-13-15-4-5-17(29)11-21(15)30/h4-12H,13H2,1-3H3,(H,33,34)/b23-8-. The van der Waals surface area contributed by atoms with Crippen molar-refractivity contribution in [3.8, 4) is 34.5 Å². The molecule has 0 amide bonds. The van der Waals surface area contributed by atoms with Crippen LogP contribution in [0.5, 0.6) is 23.0 Å². The third-order valence-electron chi connectivity index (χ3n) is 5.35. The lowest BCUT2D eigenvalue weighted by Crippen LogP contribution is -2.00. The molecular weight excluding hydrogens is 647 g/mol. The van der Waals surface area contributed by atoms with E-state index in [9.17, 15) is 9.90 Å². The van der Waals surface area contributed by atoms with Gasteiger partial charge in [0.2, 0.25) is 5.89 Å². The molecule has 40 heavy (non-hydrogen) atoms. The van der Waals surface area contributed by atoms with Gasteiger partial charge >= 0.3 is 5.97 Å². The number of thioether (sulfide) groups is 1. The van der Waals surface area contributed by atoms with Crippen molar-refractivity contribution in [2.75, 3.05) is 21.3 Å². The molecule has 0 aliphatic rings. The van der Waals surface area contributed by atoms with E-state index in [1.54, 1.807) is 48.5 Å². The molecule has 4 aromatic rings. The van der Waals surface area contributed by atoms with E-state index in [0.717, 1.165) is 17.3 Å². The third-order valence-corrected chi connectivity index (χ3v) is 7.38. The molecule has 0 spiro atoms. The van der Waals surface area contributed by atoms with Crippen LogP contribution in [-0.2, 0) is 11.4 Å². The lowest BCUT2D eigenvalue weighted by molar-refractivity contribution is -0.131. The topological polar surface area (TPSA) is 113 Å². The van der Waals surface area contributed by atoms with Gasteiger partial charge in [-0.3, -0.25) is 0 Å². The molecule has 208 valence electrons. The van der Waals surface area contributed by atoms with Gasteiger partial charge in [0.15, 0.2) is 11.5 Å². The van der Waals surface area contributed by atoms with Gasteiger partial charge in [0.05, 0.1) is 25.8 Å². The zero-order valence-corrected chi connectivity index (χ0v) is 25.2. The van der Waals surface area contributed by atoms with Crippen LogP contribution in [0.3, 0.4) is 0 Å². The molecule has 0 atom stereocenters. The molecule has 0 saturated carbocycles. The number of hydrogen-bond donors (Lipinski definition) is 1. The predicted octanol–water partition coefficient (Wildman–Crippen LogP) is 7.63. The van der Waals surface area contributed by atoms with Crippen molar-refractivity contribution in [1.29, 1.82) is 0 Å². The van der Waals surface area contributed by atoms with Crippen molar-refractivity contribution in [1.82, 2.24) is 10.2 Å². The third kappa shape index (κ3) is 7.22. The number of carbonyl (C=O) groups is 1. The first kappa shape index (κ1) is 29.6. The van der Waals surface area contributed by atoms with Crippen molar-refractivity contribution in [2.45, 2.75) is 11.8 Å². The Balaban J connectivity index is 1.57. The summed E-state index contributed by atoms with van der Waals surface area (Å²) in [5.74, 6) is 0.877. The highest BCUT2D eigenvalue weighted by atomic mass is 79.9. The van der Waals surface area contributed by atoms with Crippen LogP contribution in [-0.4, -0.2) is 42.6 Å². The molecule has 0 radical (unpaired) electrons. The molecule has 1 N–H and O–H groups in total. The summed E-state index contributed by atoms with van der Waals surface area (Å²) in [6.07, 6.45) is 1.46. The van der Waals surface area contributed by atoms with E-state index in [1.807, 2.05) is 0 Å². The quantitative estimate of drug-likeness (QED) is 0.126. The second-order valence-corrected chi connectivity index (χ2v) is 10.6. The molecule has 0 aliphatic heterocycles. The molecular formula is C27H21BrCl2N2O7S. The number of carboxylic acids is 1. The molecule has 1 aromatic heterocycles. The number of carboxylic acid groups (broad SMARTS) is 1. The highest BCUT2D eigenvalue weighted by Crippen LogP contribution is 2.39. The average molecular weight is 668 g/mol. The van der Waals surface area contributed by atoms with Crippen LogP contribution in [0.4, 0.5) is 0 Å². The van der Waals surface area contributed by atoms with Crippen LogP contribution in [0.1, 0.15) is 11.1 Å². The van der Waals surface area contributed by atoms with Crippen molar-refractivity contribution < 1.29 is 33.3 Å². The Bertz CT molecular complexity index is 1560. The summed E-state index contributed by atoms with van der Waals surface area (Å²) in [5, 5.41) is 18.9. The Morgan fingerprint density at radius 3 is 2.38 bits per heavy atom. The van der Waals surface area contributed by atoms with Crippen LogP contribution < -0.4 is 18.9 Å². The smallest absolute Gasteiger partial charge is 0.342 e. The van der Waals surface area contributed by atoms with E-state index >= 15 is 0 Å². The highest BCUT2D eigenvalue weighted by molar-refractivity contribution is 9.10. The fraction of sp³-hybridized carbons (Fsp3) is 0.148. The fourth-order valence-corrected chi connectivity index (χ4v) is 5.14. The van der Waals surface area contributed by atoms with Gasteiger partial charge in [-0.2, -0.15) is 0 Å². The Labute approximate surface area is 252 Å². The zero-order valence-electron chi connectivity index (χ0n) is 21.2. The van der Waals surface area contributed by atoms with E-state index < -0.39 is 5.97 Å². The SMILES string of the molecule is COc1cc(OC)cc(-c2nnc(S/C(=C\c3cc(Br)c(OCc4ccc(Cl)cc4Cl)c(OC)c3)C(=O)O)o2)c1. The largest absolute Gasteiger partial charge is 0.497 e. The lowest BCUT2D eigenvalue weighted by Gasteiger charge is -2.14. The number of aliphatic carboxylic acids is 1. The monoisotopic (exact) mass is 666 g/mol. The molecule has 0 fully saturated rings. The summed E-state index contributed by atoms with van der Waals surface area (Å²) in [6, 6.07) is 13.6. The van der Waals surface area contributed by atoms with Gasteiger partial charge in [-0.15, -0.1) is 10.2 Å². The van der Waals surface area contributed by atoms with Crippen LogP contribution in [0.2, 0.25) is 10.0 Å². The number of rotatable bonds is 11. The summed E-state index contributed by atoms with van der Waals surface area (Å²) in [6.45, 7) is 0.162. The summed E-state index contributed by atoms with van der Waals surface area (Å²) >= 11 is 16.5. The van der Waals surface area contributed by atoms with Crippen LogP contribution in [0.15, 0.2) is 67.5 Å². The minimum atomic E-state index is -1.18. The van der Waals surface area contributed by atoms with E-state index in [-0.39, 0.29) is 22.6 Å². The van der Waals surface area contributed by atoms with Gasteiger partial charge in [0.1, 0.15) is 23.0 Å². The highest BCUT2D eigenvalue weighted by Gasteiger charge is 2.19. The molecule has 0 saturated heterocycles. The maximum absolute atomic E-state index is 12.1. The van der Waals surface area contributed by atoms with Crippen molar-refractivity contribution in [2.24, 2.45) is 0 Å². The van der Waals surface area contributed by atoms with Gasteiger partial charge in [0.25, 0.3) is 5.22 Å². The molecule has 13 heteroatoms. The molecule has 0 aliphatic carbocycles. The Kier molecular flexibility index (Phi) is 9.85. The van der Waals surface area contributed by atoms with Gasteiger partial charge in [0, 0.05) is 27.2 Å². The summed E-state index contributed by atoms with van der Waals surface area (Å²) in [4.78, 5) is 12.0. The molecule has 1 heterocycles. The first-order valence-corrected chi connectivity index (χ1v) is 13.7. The van der Waals surface area contributed by atoms with Crippen molar-refractivity contribution in [3.05, 3.63) is 79.1 Å². The van der Waals surface area contributed by atoms with Gasteiger partial charge in [-0.1, -0.05) is 29.3 Å². The Morgan fingerprint density at radius 2 is 1.75 bits per heavy atom. The maximum Gasteiger partial charge on any atom is 0.342 e. The van der Waals surface area contributed by atoms with Gasteiger partial charge in [-0.25, -0.2) is 4.79 Å². The first-order chi connectivity index (χ1) is 19.2. The summed E-state index contributed by atoms with van der Waals surface area (Å²) < 4.78 is 28.3. The number of methoxy groups -OCH3 is 3. The van der Waals surface area contributed by atoms with Crippen LogP contribution in [0, 0.1) is 0 Å². The van der Waals surface area contributed by atoms with E-state index in [0.29, 0.717) is 48.6 Å². The second kappa shape index (κ2) is 13.3. The fourth-order valence-electron chi connectivity index (χ4n) is 3.43. The predicted molar refractivity (Wildman–Crippen MR) is 156 cm³/mol. The normalized spacial score (nSPS) is 11.3. The molecule has 0 unspecified atom stereocenters. The first-order valence-electron chi connectivity index (χ1n) is 11.3. The number of benzene rings is 3. The molecule has 0 bridgehead atoms. The number of nitrogens with zero attached hydrogens (tertiary/aromatic N) is 2. The van der Waals surface area contributed by atoms with Crippen molar-refractivity contribution >= 4 is 62.9 Å². The number of halogens is 3. The van der Waals surface area contributed by atoms with Crippen LogP contribution >= 0.6 is 50.9 Å². The summed E-state index contributed by atoms with van der Waals surface area (Å²) in [5.41, 5.74) is 1.82. The molecule has 9 nitrogen and oxygen atoms in total. The van der Waals surface area contributed by atoms with Gasteiger partial charge in [-0.05, 0) is 75.7 Å². The Hall–Kier alpha value is -3.38. The van der Waals surface area contributed by atoms with Crippen LogP contribution in [0.25, 0.3) is 17.5 Å². The second-order valence-electron chi connectivity index (χ2n) is 7.95. The van der Waals surface area contributed by atoms with E-state index in [1.165, 1.54) is 27.4 Å². The number of ether oxygens (including phenoxy) is 4. The van der Waals surface area contributed by atoms with Gasteiger partial charge < -0.3 is 28.5 Å². The minimum Gasteiger partial charge on any atom is -0.497 e. The van der Waals surface area contributed by atoms with E-state index in [2.05, 4.69) is 26.1 Å². The molecule has 4 rings (SSSR count). The van der Waals surface area contributed by atoms with E-state index in [4.69, 9.17) is 46.6 Å². The maximum atomic E-state index is 12.1. The van der Waals surface area contributed by atoms with Crippen molar-refractivity contribution in [3.63, 3.8) is 0 Å².